The van der Waals surface area contributed by atoms with Crippen LogP contribution >= 0.6 is 0 Å². The monoisotopic (exact) mass is 373 g/mol. The van der Waals surface area contributed by atoms with Crippen molar-refractivity contribution in [3.63, 3.8) is 0 Å². The predicted octanol–water partition coefficient (Wildman–Crippen LogP) is 3.95. The molecule has 1 aliphatic rings. The molecule has 4 rings (SSSR count). The van der Waals surface area contributed by atoms with Crippen LogP contribution in [-0.2, 0) is 6.18 Å². The van der Waals surface area contributed by atoms with Crippen LogP contribution in [0.25, 0.3) is 11.4 Å². The maximum absolute atomic E-state index is 12.8. The van der Waals surface area contributed by atoms with Crippen molar-refractivity contribution < 1.29 is 18.0 Å². The summed E-state index contributed by atoms with van der Waals surface area (Å²) < 4.78 is 40.1. The third kappa shape index (κ3) is 3.67. The molecule has 3 aromatic rings. The Kier molecular flexibility index (Phi) is 4.14. The average Bonchev–Trinajstić information content (AvgIpc) is 3.38. The molecule has 0 atom stereocenters. The predicted molar refractivity (Wildman–Crippen MR) is 90.9 cm³/mol. The number of carbonyl (C=O) groups excluding carboxylic acids is 1. The fourth-order valence-corrected chi connectivity index (χ4v) is 2.69. The molecule has 1 amide bonds. The molecule has 0 spiro atoms. The molecule has 9 heteroatoms. The Hall–Kier alpha value is -3.23. The molecule has 0 bridgehead atoms. The molecule has 1 aliphatic carbocycles. The standard InChI is InChI=1S/C18H14F3N5O/c19-18(20,21)13-3-1-2-12(10-13)17(27)22-14-6-4-11(5-7-14)16-23-24-25-26(16)15-8-9-15/h1-7,10,15H,8-9H2,(H,22,27). The minimum Gasteiger partial charge on any atom is -0.322 e. The van der Waals surface area contributed by atoms with Gasteiger partial charge in [-0.15, -0.1) is 5.10 Å². The van der Waals surface area contributed by atoms with Gasteiger partial charge in [0.1, 0.15) is 0 Å². The van der Waals surface area contributed by atoms with Gasteiger partial charge >= 0.3 is 6.18 Å². The number of aromatic nitrogens is 4. The third-order valence-electron chi connectivity index (χ3n) is 4.24. The molecule has 1 heterocycles. The zero-order chi connectivity index (χ0) is 19.0. The Labute approximate surface area is 152 Å². The first kappa shape index (κ1) is 17.2. The van der Waals surface area contributed by atoms with E-state index in [1.807, 2.05) is 0 Å². The molecule has 1 N–H and O–H groups in total. The van der Waals surface area contributed by atoms with E-state index >= 15 is 0 Å². The fourth-order valence-electron chi connectivity index (χ4n) is 2.69. The number of amides is 1. The maximum atomic E-state index is 12.8. The van der Waals surface area contributed by atoms with Gasteiger partial charge in [0.25, 0.3) is 5.91 Å². The van der Waals surface area contributed by atoms with E-state index < -0.39 is 17.6 Å². The first-order chi connectivity index (χ1) is 12.9. The number of carbonyl (C=O) groups is 1. The first-order valence-corrected chi connectivity index (χ1v) is 8.29. The number of rotatable bonds is 4. The van der Waals surface area contributed by atoms with Gasteiger partial charge in [-0.2, -0.15) is 13.2 Å². The van der Waals surface area contributed by atoms with Gasteiger partial charge in [-0.05, 0) is 65.7 Å². The van der Waals surface area contributed by atoms with E-state index in [4.69, 9.17) is 0 Å². The van der Waals surface area contributed by atoms with Crippen LogP contribution in [0.3, 0.4) is 0 Å². The summed E-state index contributed by atoms with van der Waals surface area (Å²) in [7, 11) is 0. The number of alkyl halides is 3. The van der Waals surface area contributed by atoms with Crippen LogP contribution in [0.4, 0.5) is 18.9 Å². The molecule has 1 fully saturated rings. The van der Waals surface area contributed by atoms with Gasteiger partial charge in [0.2, 0.25) is 0 Å². The van der Waals surface area contributed by atoms with E-state index in [0.29, 0.717) is 17.6 Å². The van der Waals surface area contributed by atoms with Crippen molar-refractivity contribution in [2.45, 2.75) is 25.1 Å². The van der Waals surface area contributed by atoms with Crippen LogP contribution in [0, 0.1) is 0 Å². The van der Waals surface area contributed by atoms with E-state index in [2.05, 4.69) is 20.8 Å². The SMILES string of the molecule is O=C(Nc1ccc(-c2nnnn2C2CC2)cc1)c1cccc(C(F)(F)F)c1. The van der Waals surface area contributed by atoms with Gasteiger partial charge in [-0.1, -0.05) is 6.07 Å². The summed E-state index contributed by atoms with van der Waals surface area (Å²) in [6, 6.07) is 11.5. The normalized spacial score (nSPS) is 14.2. The number of halogens is 3. The highest BCUT2D eigenvalue weighted by atomic mass is 19.4. The van der Waals surface area contributed by atoms with Crippen molar-refractivity contribution in [1.29, 1.82) is 0 Å². The van der Waals surface area contributed by atoms with E-state index in [-0.39, 0.29) is 5.56 Å². The molecule has 0 aliphatic heterocycles. The Balaban J connectivity index is 1.50. The van der Waals surface area contributed by atoms with E-state index in [1.165, 1.54) is 12.1 Å². The van der Waals surface area contributed by atoms with Crippen molar-refractivity contribution in [2.75, 3.05) is 5.32 Å². The van der Waals surface area contributed by atoms with Gasteiger partial charge in [0, 0.05) is 16.8 Å². The Bertz CT molecular complexity index is 977. The summed E-state index contributed by atoms with van der Waals surface area (Å²) in [5.41, 5.74) is 0.333. The second-order valence-corrected chi connectivity index (χ2v) is 6.29. The average molecular weight is 373 g/mol. The van der Waals surface area contributed by atoms with Gasteiger partial charge in [0.05, 0.1) is 11.6 Å². The number of nitrogens with zero attached hydrogens (tertiary/aromatic N) is 4. The summed E-state index contributed by atoms with van der Waals surface area (Å²) in [5.74, 6) is 0.0323. The lowest BCUT2D eigenvalue weighted by molar-refractivity contribution is -0.137. The number of anilines is 1. The van der Waals surface area contributed by atoms with Gasteiger partial charge < -0.3 is 5.32 Å². The fraction of sp³-hybridized carbons (Fsp3) is 0.222. The highest BCUT2D eigenvalue weighted by Crippen LogP contribution is 2.36. The minimum atomic E-state index is -4.50. The first-order valence-electron chi connectivity index (χ1n) is 8.29. The van der Waals surface area contributed by atoms with Crippen LogP contribution in [0.2, 0.25) is 0 Å². The van der Waals surface area contributed by atoms with Crippen molar-refractivity contribution in [1.82, 2.24) is 20.2 Å². The van der Waals surface area contributed by atoms with E-state index in [9.17, 15) is 18.0 Å². The van der Waals surface area contributed by atoms with Gasteiger partial charge in [-0.3, -0.25) is 4.79 Å². The Morgan fingerprint density at radius 3 is 2.52 bits per heavy atom. The van der Waals surface area contributed by atoms with Gasteiger partial charge in [-0.25, -0.2) is 4.68 Å². The number of tetrazole rings is 1. The lowest BCUT2D eigenvalue weighted by atomic mass is 10.1. The zero-order valence-electron chi connectivity index (χ0n) is 13.9. The van der Waals surface area contributed by atoms with Crippen molar-refractivity contribution >= 4 is 11.6 Å². The second kappa shape index (κ2) is 6.49. The van der Waals surface area contributed by atoms with Crippen LogP contribution in [0.5, 0.6) is 0 Å². The maximum Gasteiger partial charge on any atom is 0.416 e. The van der Waals surface area contributed by atoms with Crippen molar-refractivity contribution in [3.8, 4) is 11.4 Å². The lowest BCUT2D eigenvalue weighted by Gasteiger charge is -2.10. The van der Waals surface area contributed by atoms with Crippen LogP contribution in [-0.4, -0.2) is 26.1 Å². The molecule has 0 radical (unpaired) electrons. The summed E-state index contributed by atoms with van der Waals surface area (Å²) in [6.07, 6.45) is -2.41. The topological polar surface area (TPSA) is 72.7 Å². The molecule has 6 nitrogen and oxygen atoms in total. The highest BCUT2D eigenvalue weighted by molar-refractivity contribution is 6.04. The van der Waals surface area contributed by atoms with Gasteiger partial charge in [0.15, 0.2) is 5.82 Å². The molecule has 1 saturated carbocycles. The molecule has 0 unspecified atom stereocenters. The highest BCUT2D eigenvalue weighted by Gasteiger charge is 2.31. The molecule has 27 heavy (non-hydrogen) atoms. The van der Waals surface area contributed by atoms with Crippen molar-refractivity contribution in [2.24, 2.45) is 0 Å². The number of hydrogen-bond acceptors (Lipinski definition) is 4. The summed E-state index contributed by atoms with van der Waals surface area (Å²) in [4.78, 5) is 12.2. The summed E-state index contributed by atoms with van der Waals surface area (Å²) >= 11 is 0. The van der Waals surface area contributed by atoms with E-state index in [0.717, 1.165) is 30.5 Å². The molecule has 0 saturated heterocycles. The Morgan fingerprint density at radius 1 is 1.11 bits per heavy atom. The largest absolute Gasteiger partial charge is 0.416 e. The minimum absolute atomic E-state index is 0.0634. The molecular weight excluding hydrogens is 359 g/mol. The van der Waals surface area contributed by atoms with Crippen LogP contribution < -0.4 is 5.32 Å². The third-order valence-corrected chi connectivity index (χ3v) is 4.24. The second-order valence-electron chi connectivity index (χ2n) is 6.29. The number of benzene rings is 2. The Morgan fingerprint density at radius 2 is 1.85 bits per heavy atom. The molecular formula is C18H14F3N5O. The molecule has 138 valence electrons. The van der Waals surface area contributed by atoms with Crippen LogP contribution in [0.1, 0.15) is 34.8 Å². The quantitative estimate of drug-likeness (QED) is 0.752. The van der Waals surface area contributed by atoms with Crippen molar-refractivity contribution in [3.05, 3.63) is 59.7 Å². The number of hydrogen-bond donors (Lipinski definition) is 1. The van der Waals surface area contributed by atoms with E-state index in [1.54, 1.807) is 28.9 Å². The molecule has 1 aromatic heterocycles. The molecule has 2 aromatic carbocycles. The lowest BCUT2D eigenvalue weighted by Crippen LogP contribution is -2.13. The summed E-state index contributed by atoms with van der Waals surface area (Å²) in [5, 5.41) is 14.3. The smallest absolute Gasteiger partial charge is 0.322 e. The zero-order valence-corrected chi connectivity index (χ0v) is 13.9. The van der Waals surface area contributed by atoms with Crippen LogP contribution in [0.15, 0.2) is 48.5 Å². The summed E-state index contributed by atoms with van der Waals surface area (Å²) in [6.45, 7) is 0. The number of nitrogens with one attached hydrogen (secondary N) is 1.